The molecule has 2 aromatic rings. The third kappa shape index (κ3) is 3.10. The standard InChI is InChI=1S/C14H13ClF3N3O2/c1-6-2-3-7(14(23,12(16)17)13(18)22)4-8(6)9-5-20-11(19)10(15)21-9/h2-5,12-13,22-23H,1H3,(H2,19,20)/t13-,14?/m0/s1. The summed E-state index contributed by atoms with van der Waals surface area (Å²) >= 11 is 5.78. The van der Waals surface area contributed by atoms with Crippen molar-refractivity contribution in [2.75, 3.05) is 5.73 Å². The predicted molar refractivity (Wildman–Crippen MR) is 78.6 cm³/mol. The number of alkyl halides is 3. The Labute approximate surface area is 134 Å². The van der Waals surface area contributed by atoms with Gasteiger partial charge in [-0.15, -0.1) is 0 Å². The van der Waals surface area contributed by atoms with Gasteiger partial charge in [-0.1, -0.05) is 23.7 Å². The van der Waals surface area contributed by atoms with E-state index in [1.807, 2.05) is 0 Å². The van der Waals surface area contributed by atoms with Crippen molar-refractivity contribution in [1.82, 2.24) is 9.97 Å². The maximum atomic E-state index is 13.2. The third-order valence-electron chi connectivity index (χ3n) is 3.43. The molecule has 0 aliphatic rings. The highest BCUT2D eigenvalue weighted by atomic mass is 35.5. The van der Waals surface area contributed by atoms with Crippen LogP contribution in [0.5, 0.6) is 0 Å². The molecule has 1 aromatic carbocycles. The van der Waals surface area contributed by atoms with E-state index in [-0.39, 0.29) is 22.2 Å². The zero-order chi connectivity index (χ0) is 17.4. The number of rotatable bonds is 4. The van der Waals surface area contributed by atoms with Crippen LogP contribution in [-0.2, 0) is 5.60 Å². The Balaban J connectivity index is 2.61. The molecule has 1 heterocycles. The van der Waals surface area contributed by atoms with Crippen LogP contribution in [-0.4, -0.2) is 33.0 Å². The molecule has 0 spiro atoms. The highest BCUT2D eigenvalue weighted by molar-refractivity contribution is 6.31. The summed E-state index contributed by atoms with van der Waals surface area (Å²) in [6, 6.07) is 3.58. The molecule has 0 saturated heterocycles. The fraction of sp³-hybridized carbons (Fsp3) is 0.286. The Bertz CT molecular complexity index is 720. The average Bonchev–Trinajstić information content (AvgIpc) is 2.49. The van der Waals surface area contributed by atoms with E-state index in [1.54, 1.807) is 6.92 Å². The van der Waals surface area contributed by atoms with Gasteiger partial charge in [-0.05, 0) is 24.1 Å². The Morgan fingerprint density at radius 3 is 2.48 bits per heavy atom. The number of hydrogen-bond donors (Lipinski definition) is 3. The van der Waals surface area contributed by atoms with Gasteiger partial charge < -0.3 is 15.9 Å². The van der Waals surface area contributed by atoms with Crippen LogP contribution < -0.4 is 5.73 Å². The molecule has 4 N–H and O–H groups in total. The van der Waals surface area contributed by atoms with Gasteiger partial charge in [-0.2, -0.15) is 0 Å². The first-order valence-electron chi connectivity index (χ1n) is 6.40. The van der Waals surface area contributed by atoms with Crippen molar-refractivity contribution in [3.8, 4) is 11.3 Å². The maximum absolute atomic E-state index is 13.2. The lowest BCUT2D eigenvalue weighted by molar-refractivity contribution is -0.211. The zero-order valence-corrected chi connectivity index (χ0v) is 12.6. The predicted octanol–water partition coefficient (Wildman–Crippen LogP) is 2.43. The van der Waals surface area contributed by atoms with Gasteiger partial charge >= 0.3 is 0 Å². The molecule has 0 aliphatic heterocycles. The van der Waals surface area contributed by atoms with Crippen LogP contribution >= 0.6 is 11.6 Å². The van der Waals surface area contributed by atoms with Crippen molar-refractivity contribution in [3.05, 3.63) is 40.7 Å². The van der Waals surface area contributed by atoms with Crippen LogP contribution in [0.15, 0.2) is 24.4 Å². The van der Waals surface area contributed by atoms with Crippen LogP contribution in [0, 0.1) is 6.92 Å². The van der Waals surface area contributed by atoms with E-state index < -0.39 is 23.9 Å². The normalized spacial score (nSPS) is 15.5. The Kier molecular flexibility index (Phi) is 4.79. The number of hydrogen-bond acceptors (Lipinski definition) is 5. The number of aromatic nitrogens is 2. The van der Waals surface area contributed by atoms with E-state index >= 15 is 0 Å². The molecule has 5 nitrogen and oxygen atoms in total. The minimum atomic E-state index is -3.54. The van der Waals surface area contributed by atoms with Crippen molar-refractivity contribution in [2.45, 2.75) is 25.3 Å². The summed E-state index contributed by atoms with van der Waals surface area (Å²) < 4.78 is 39.3. The summed E-state index contributed by atoms with van der Waals surface area (Å²) in [4.78, 5) is 7.78. The molecule has 0 aliphatic carbocycles. The maximum Gasteiger partial charge on any atom is 0.276 e. The average molecular weight is 348 g/mol. The molecule has 0 saturated carbocycles. The number of nitrogen functional groups attached to an aromatic ring is 1. The van der Waals surface area contributed by atoms with Crippen molar-refractivity contribution in [3.63, 3.8) is 0 Å². The second-order valence-corrected chi connectivity index (χ2v) is 5.28. The van der Waals surface area contributed by atoms with E-state index in [9.17, 15) is 18.3 Å². The first-order valence-corrected chi connectivity index (χ1v) is 6.78. The summed E-state index contributed by atoms with van der Waals surface area (Å²) in [6.45, 7) is 1.65. The number of nitrogens with zero attached hydrogens (tertiary/aromatic N) is 2. The largest absolute Gasteiger partial charge is 0.381 e. The molecule has 23 heavy (non-hydrogen) atoms. The fourth-order valence-electron chi connectivity index (χ4n) is 2.02. The zero-order valence-electron chi connectivity index (χ0n) is 11.8. The van der Waals surface area contributed by atoms with E-state index in [2.05, 4.69) is 9.97 Å². The minimum absolute atomic E-state index is 0.00695. The van der Waals surface area contributed by atoms with Crippen LogP contribution in [0.4, 0.5) is 19.0 Å². The molecule has 2 rings (SSSR count). The van der Waals surface area contributed by atoms with Gasteiger partial charge in [0.1, 0.15) is 0 Å². The second-order valence-electron chi connectivity index (χ2n) is 4.92. The Morgan fingerprint density at radius 2 is 1.96 bits per heavy atom. The van der Waals surface area contributed by atoms with Crippen molar-refractivity contribution >= 4 is 17.4 Å². The minimum Gasteiger partial charge on any atom is -0.381 e. The van der Waals surface area contributed by atoms with Gasteiger partial charge in [-0.3, -0.25) is 0 Å². The lowest BCUT2D eigenvalue weighted by atomic mass is 9.90. The van der Waals surface area contributed by atoms with Gasteiger partial charge in [0.2, 0.25) is 12.0 Å². The topological polar surface area (TPSA) is 92.3 Å². The van der Waals surface area contributed by atoms with Gasteiger partial charge in [0.25, 0.3) is 6.43 Å². The number of aliphatic hydroxyl groups is 2. The number of aryl methyl sites for hydroxylation is 1. The molecule has 2 atom stereocenters. The Hall–Kier alpha value is -1.90. The highest BCUT2D eigenvalue weighted by Gasteiger charge is 2.47. The van der Waals surface area contributed by atoms with Gasteiger partial charge in [0.05, 0.1) is 11.9 Å². The SMILES string of the molecule is Cc1ccc(C(O)(C(F)F)[C@H](O)F)cc1-c1cnc(N)c(Cl)n1. The van der Waals surface area contributed by atoms with Crippen molar-refractivity contribution in [2.24, 2.45) is 0 Å². The van der Waals surface area contributed by atoms with E-state index in [0.717, 1.165) is 12.1 Å². The number of aliphatic hydroxyl groups excluding tert-OH is 1. The van der Waals surface area contributed by atoms with Crippen LogP contribution in [0.3, 0.4) is 0 Å². The summed E-state index contributed by atoms with van der Waals surface area (Å²) in [5, 5.41) is 18.7. The Morgan fingerprint density at radius 1 is 1.30 bits per heavy atom. The van der Waals surface area contributed by atoms with Gasteiger partial charge in [0.15, 0.2) is 11.0 Å². The van der Waals surface area contributed by atoms with E-state index in [4.69, 9.17) is 22.4 Å². The number of anilines is 1. The molecule has 0 bridgehead atoms. The number of halogens is 4. The first-order chi connectivity index (χ1) is 10.7. The molecular formula is C14H13ClF3N3O2. The fourth-order valence-corrected chi connectivity index (χ4v) is 2.16. The molecule has 124 valence electrons. The van der Waals surface area contributed by atoms with Gasteiger partial charge in [-0.25, -0.2) is 23.1 Å². The summed E-state index contributed by atoms with van der Waals surface area (Å²) in [7, 11) is 0. The quantitative estimate of drug-likeness (QED) is 0.790. The number of benzene rings is 1. The van der Waals surface area contributed by atoms with Gasteiger partial charge in [0, 0.05) is 5.56 Å². The van der Waals surface area contributed by atoms with E-state index in [1.165, 1.54) is 12.3 Å². The lowest BCUT2D eigenvalue weighted by Gasteiger charge is -2.28. The van der Waals surface area contributed by atoms with Crippen LogP contribution in [0.1, 0.15) is 11.1 Å². The molecule has 9 heteroatoms. The smallest absolute Gasteiger partial charge is 0.276 e. The van der Waals surface area contributed by atoms with Crippen molar-refractivity contribution in [1.29, 1.82) is 0 Å². The van der Waals surface area contributed by atoms with Crippen LogP contribution in [0.25, 0.3) is 11.3 Å². The molecule has 1 aromatic heterocycles. The number of nitrogens with two attached hydrogens (primary N) is 1. The van der Waals surface area contributed by atoms with E-state index in [0.29, 0.717) is 5.56 Å². The van der Waals surface area contributed by atoms with Crippen molar-refractivity contribution < 1.29 is 23.4 Å². The summed E-state index contributed by atoms with van der Waals surface area (Å²) in [5.74, 6) is -0.00695. The monoisotopic (exact) mass is 347 g/mol. The molecule has 1 unspecified atom stereocenters. The van der Waals surface area contributed by atoms with Crippen LogP contribution in [0.2, 0.25) is 5.15 Å². The lowest BCUT2D eigenvalue weighted by Crippen LogP contribution is -2.43. The molecule has 0 amide bonds. The first kappa shape index (κ1) is 17.5. The second kappa shape index (κ2) is 6.31. The third-order valence-corrected chi connectivity index (χ3v) is 3.71. The molecule has 0 fully saturated rings. The molecule has 0 radical (unpaired) electrons. The summed E-state index contributed by atoms with van der Waals surface area (Å²) in [5.41, 5.74) is 2.68. The highest BCUT2D eigenvalue weighted by Crippen LogP contribution is 2.36. The molecular weight excluding hydrogens is 335 g/mol. The summed E-state index contributed by atoms with van der Waals surface area (Å²) in [6.07, 6.45) is -5.45.